The zero-order valence-corrected chi connectivity index (χ0v) is 17.2. The average molecular weight is 411 g/mol. The van der Waals surface area contributed by atoms with E-state index in [9.17, 15) is 0 Å². The van der Waals surface area contributed by atoms with E-state index < -0.39 is 0 Å². The highest BCUT2D eigenvalue weighted by Crippen LogP contribution is 2.35. The molecule has 6 heterocycles. The number of hydrogen-bond donors (Lipinski definition) is 0. The van der Waals surface area contributed by atoms with Crippen LogP contribution in [0.15, 0.2) is 53.3 Å². The van der Waals surface area contributed by atoms with Gasteiger partial charge in [-0.3, -0.25) is 0 Å². The molecule has 0 amide bonds. The molecule has 0 saturated carbocycles. The predicted molar refractivity (Wildman–Crippen MR) is 116 cm³/mol. The third kappa shape index (κ3) is 2.94. The molecule has 0 fully saturated rings. The molecule has 0 aliphatic carbocycles. The topological polar surface area (TPSA) is 87.4 Å². The van der Waals surface area contributed by atoms with Gasteiger partial charge in [-0.25, -0.2) is 9.97 Å². The van der Waals surface area contributed by atoms with Crippen molar-refractivity contribution in [3.8, 4) is 28.7 Å². The van der Waals surface area contributed by atoms with Crippen molar-refractivity contribution in [2.24, 2.45) is 0 Å². The van der Waals surface area contributed by atoms with Crippen LogP contribution in [0.25, 0.3) is 39.7 Å². The Kier molecular flexibility index (Phi) is 4.15. The fourth-order valence-corrected chi connectivity index (χ4v) is 4.34. The van der Waals surface area contributed by atoms with Crippen LogP contribution in [-0.4, -0.2) is 34.5 Å². The van der Waals surface area contributed by atoms with E-state index >= 15 is 0 Å². The minimum atomic E-state index is 0.699. The Morgan fingerprint density at radius 3 is 2.84 bits per heavy atom. The lowest BCUT2D eigenvalue weighted by atomic mass is 10.1. The maximum atomic E-state index is 5.68. The molecule has 31 heavy (non-hydrogen) atoms. The van der Waals surface area contributed by atoms with Gasteiger partial charge in [0.25, 0.3) is 0 Å². The third-order valence-corrected chi connectivity index (χ3v) is 5.80. The second-order valence-corrected chi connectivity index (χ2v) is 7.82. The number of aryl methyl sites for hydroxylation is 2. The van der Waals surface area contributed by atoms with Crippen LogP contribution in [0.4, 0.5) is 0 Å². The molecular weight excluding hydrogens is 390 g/mol. The van der Waals surface area contributed by atoms with Gasteiger partial charge in [0.1, 0.15) is 11.5 Å². The van der Waals surface area contributed by atoms with Crippen molar-refractivity contribution in [2.45, 2.75) is 39.2 Å². The van der Waals surface area contributed by atoms with E-state index in [4.69, 9.17) is 14.5 Å². The lowest BCUT2D eigenvalue weighted by Gasteiger charge is -2.10. The Hall–Kier alpha value is -3.81. The zero-order valence-electron chi connectivity index (χ0n) is 17.2. The first-order valence-corrected chi connectivity index (χ1v) is 10.6. The highest BCUT2D eigenvalue weighted by Gasteiger charge is 2.24. The van der Waals surface area contributed by atoms with E-state index in [1.807, 2.05) is 43.3 Å². The van der Waals surface area contributed by atoms with Crippen LogP contribution in [0.2, 0.25) is 0 Å². The van der Waals surface area contributed by atoms with Crippen molar-refractivity contribution in [1.29, 1.82) is 0 Å². The number of rotatable bonds is 3. The maximum Gasteiger partial charge on any atom is 0.166 e. The molecule has 0 atom stereocenters. The first-order chi connectivity index (χ1) is 15.3. The molecule has 6 rings (SSSR count). The van der Waals surface area contributed by atoms with Gasteiger partial charge in [0.2, 0.25) is 0 Å². The summed E-state index contributed by atoms with van der Waals surface area (Å²) in [5.41, 5.74) is 3.30. The number of nitrogens with zero attached hydrogens (tertiary/aromatic N) is 7. The number of hydrogen-bond acceptors (Lipinski definition) is 6. The Morgan fingerprint density at radius 2 is 2.00 bits per heavy atom. The van der Waals surface area contributed by atoms with E-state index in [2.05, 4.69) is 19.7 Å². The molecule has 8 nitrogen and oxygen atoms in total. The molecule has 0 N–H and O–H groups in total. The summed E-state index contributed by atoms with van der Waals surface area (Å²) in [5, 5.41) is 14.9. The van der Waals surface area contributed by atoms with Crippen molar-refractivity contribution >= 4 is 11.0 Å². The van der Waals surface area contributed by atoms with E-state index in [1.165, 1.54) is 6.42 Å². The third-order valence-electron chi connectivity index (χ3n) is 5.80. The van der Waals surface area contributed by atoms with Gasteiger partial charge in [0.05, 0.1) is 17.3 Å². The Balaban J connectivity index is 1.66. The first kappa shape index (κ1) is 18.0. The predicted octanol–water partition coefficient (Wildman–Crippen LogP) is 4.37. The summed E-state index contributed by atoms with van der Waals surface area (Å²) in [7, 11) is 0. The van der Waals surface area contributed by atoms with Crippen LogP contribution in [0.1, 0.15) is 30.8 Å². The first-order valence-electron chi connectivity index (χ1n) is 10.6. The van der Waals surface area contributed by atoms with Crippen LogP contribution < -0.4 is 0 Å². The molecule has 0 aromatic carbocycles. The lowest BCUT2D eigenvalue weighted by molar-refractivity contribution is 0.580. The molecule has 0 unspecified atom stereocenters. The van der Waals surface area contributed by atoms with Crippen molar-refractivity contribution in [2.75, 3.05) is 0 Å². The molecule has 5 aromatic rings. The average Bonchev–Trinajstić information content (AvgIpc) is 3.51. The molecule has 0 spiro atoms. The van der Waals surface area contributed by atoms with Gasteiger partial charge in [0, 0.05) is 24.7 Å². The van der Waals surface area contributed by atoms with Crippen molar-refractivity contribution in [3.05, 3.63) is 60.4 Å². The minimum absolute atomic E-state index is 0.699. The molecule has 154 valence electrons. The van der Waals surface area contributed by atoms with E-state index in [0.29, 0.717) is 5.76 Å². The van der Waals surface area contributed by atoms with Crippen LogP contribution in [0.5, 0.6) is 0 Å². The fourth-order valence-electron chi connectivity index (χ4n) is 4.34. The van der Waals surface area contributed by atoms with Gasteiger partial charge in [-0.2, -0.15) is 9.78 Å². The fraction of sp³-hybridized carbons (Fsp3) is 0.261. The smallest absolute Gasteiger partial charge is 0.166 e. The van der Waals surface area contributed by atoms with Gasteiger partial charge in [0.15, 0.2) is 23.0 Å². The molecule has 1 aliphatic heterocycles. The quantitative estimate of drug-likeness (QED) is 0.438. The van der Waals surface area contributed by atoms with Gasteiger partial charge < -0.3 is 8.98 Å². The second kappa shape index (κ2) is 7.16. The highest BCUT2D eigenvalue weighted by atomic mass is 16.3. The van der Waals surface area contributed by atoms with Crippen molar-refractivity contribution < 1.29 is 4.42 Å². The molecule has 0 radical (unpaired) electrons. The van der Waals surface area contributed by atoms with Gasteiger partial charge in [-0.1, -0.05) is 12.5 Å². The van der Waals surface area contributed by atoms with Crippen molar-refractivity contribution in [1.82, 2.24) is 34.5 Å². The molecule has 1 aliphatic rings. The standard InChI is InChI=1S/C23H21N7O/c1-15-21-16(22-27-26-20-10-3-2-6-12-29(20)22)14-17(18-8-7-13-31-18)25-23(21)30(28-15)19-9-4-5-11-24-19/h4-5,7-9,11,13-14H,2-3,6,10,12H2,1H3. The van der Waals surface area contributed by atoms with E-state index in [1.54, 1.807) is 17.1 Å². The normalized spacial score (nSPS) is 14.0. The Bertz CT molecular complexity index is 1370. The zero-order chi connectivity index (χ0) is 20.8. The Labute approximate surface area is 178 Å². The van der Waals surface area contributed by atoms with Gasteiger partial charge in [-0.05, 0) is 50.1 Å². The summed E-state index contributed by atoms with van der Waals surface area (Å²) in [6, 6.07) is 11.6. The number of furan rings is 1. The molecular formula is C23H21N7O. The molecule has 5 aromatic heterocycles. The summed E-state index contributed by atoms with van der Waals surface area (Å²) >= 11 is 0. The van der Waals surface area contributed by atoms with Crippen LogP contribution >= 0.6 is 0 Å². The van der Waals surface area contributed by atoms with Crippen LogP contribution in [0.3, 0.4) is 0 Å². The molecule has 8 heteroatoms. The monoisotopic (exact) mass is 411 g/mol. The summed E-state index contributed by atoms with van der Waals surface area (Å²) in [5.74, 6) is 3.33. The lowest BCUT2D eigenvalue weighted by Crippen LogP contribution is -2.04. The summed E-state index contributed by atoms with van der Waals surface area (Å²) < 4.78 is 9.72. The van der Waals surface area contributed by atoms with Gasteiger partial charge in [-0.15, -0.1) is 10.2 Å². The maximum absolute atomic E-state index is 5.68. The number of fused-ring (bicyclic) bond motifs is 2. The van der Waals surface area contributed by atoms with Gasteiger partial charge >= 0.3 is 0 Å². The molecule has 0 saturated heterocycles. The number of pyridine rings is 2. The largest absolute Gasteiger partial charge is 0.463 e. The Morgan fingerprint density at radius 1 is 1.03 bits per heavy atom. The molecule has 0 bridgehead atoms. The second-order valence-electron chi connectivity index (χ2n) is 7.82. The van der Waals surface area contributed by atoms with Crippen LogP contribution in [0, 0.1) is 6.92 Å². The number of aromatic nitrogens is 7. The van der Waals surface area contributed by atoms with E-state index in [-0.39, 0.29) is 0 Å². The van der Waals surface area contributed by atoms with E-state index in [0.717, 1.165) is 71.3 Å². The SMILES string of the molecule is Cc1nn(-c2ccccn2)c2nc(-c3ccco3)cc(-c3nnc4n3CCCCC4)c12. The highest BCUT2D eigenvalue weighted by molar-refractivity contribution is 5.95. The summed E-state index contributed by atoms with van der Waals surface area (Å²) in [4.78, 5) is 9.41. The summed E-state index contributed by atoms with van der Waals surface area (Å²) in [6.07, 6.45) is 7.86. The van der Waals surface area contributed by atoms with Crippen molar-refractivity contribution in [3.63, 3.8) is 0 Å². The van der Waals surface area contributed by atoms with Crippen LogP contribution in [-0.2, 0) is 13.0 Å². The minimum Gasteiger partial charge on any atom is -0.463 e. The summed E-state index contributed by atoms with van der Waals surface area (Å²) in [6.45, 7) is 2.92.